The number of anilines is 1. The highest BCUT2D eigenvalue weighted by Gasteiger charge is 2.24. The van der Waals surface area contributed by atoms with Crippen LogP contribution >= 0.6 is 0 Å². The van der Waals surface area contributed by atoms with Gasteiger partial charge in [-0.2, -0.15) is 4.31 Å². The molecule has 0 bridgehead atoms. The number of carbonyl (C=O) groups is 2. The predicted octanol–water partition coefficient (Wildman–Crippen LogP) is 4.45. The molecule has 1 saturated heterocycles. The summed E-state index contributed by atoms with van der Waals surface area (Å²) in [6.07, 6.45) is 7.69. The number of nitrogens with zero attached hydrogens (tertiary/aromatic N) is 2. The van der Waals surface area contributed by atoms with Gasteiger partial charge in [0.25, 0.3) is 0 Å². The Morgan fingerprint density at radius 2 is 1.66 bits per heavy atom. The Kier molecular flexibility index (Phi) is 9.63. The second-order valence-electron chi connectivity index (χ2n) is 8.84. The molecule has 1 fully saturated rings. The predicted molar refractivity (Wildman–Crippen MR) is 139 cm³/mol. The number of hydrogen-bond donors (Lipinski definition) is 1. The van der Waals surface area contributed by atoms with Crippen LogP contribution in [0.4, 0.5) is 5.69 Å². The summed E-state index contributed by atoms with van der Waals surface area (Å²) in [7, 11) is -3.51. The maximum absolute atomic E-state index is 12.9. The van der Waals surface area contributed by atoms with Crippen LogP contribution in [0, 0.1) is 6.92 Å². The zero-order chi connectivity index (χ0) is 25.3. The first-order chi connectivity index (χ1) is 16.8. The van der Waals surface area contributed by atoms with Crippen molar-refractivity contribution in [3.05, 3.63) is 65.7 Å². The standard InChI is InChI=1S/C27H35N3O4S/c1-3-18-29(21-26(31)28-25-11-7-6-10-22(25)2)27(32)17-14-23-12-15-24(16-13-23)35(33,34)30-19-8-4-5-9-20-30/h6-7,10-17H,3-5,8-9,18-21H2,1-2H3,(H,28,31)/b17-14+. The van der Waals surface area contributed by atoms with Crippen molar-refractivity contribution in [3.8, 4) is 0 Å². The van der Waals surface area contributed by atoms with E-state index in [1.165, 1.54) is 11.0 Å². The third-order valence-electron chi connectivity index (χ3n) is 6.06. The van der Waals surface area contributed by atoms with Crippen LogP contribution in [0.3, 0.4) is 0 Å². The zero-order valence-electron chi connectivity index (χ0n) is 20.6. The number of amides is 2. The van der Waals surface area contributed by atoms with E-state index in [1.54, 1.807) is 34.6 Å². The maximum Gasteiger partial charge on any atom is 0.247 e. The SMILES string of the molecule is CCCN(CC(=O)Nc1ccccc1C)C(=O)/C=C/c1ccc(S(=O)(=O)N2CCCCCC2)cc1. The van der Waals surface area contributed by atoms with Crippen molar-refractivity contribution in [2.75, 3.05) is 31.5 Å². The summed E-state index contributed by atoms with van der Waals surface area (Å²) in [6, 6.07) is 14.1. The molecule has 0 aliphatic carbocycles. The number of hydrogen-bond acceptors (Lipinski definition) is 4. The minimum atomic E-state index is -3.51. The van der Waals surface area contributed by atoms with Gasteiger partial charge in [0.05, 0.1) is 4.90 Å². The van der Waals surface area contributed by atoms with Gasteiger partial charge < -0.3 is 10.2 Å². The van der Waals surface area contributed by atoms with E-state index in [-0.39, 0.29) is 23.3 Å². The third kappa shape index (κ3) is 7.50. The molecule has 1 N–H and O–H groups in total. The summed E-state index contributed by atoms with van der Waals surface area (Å²) < 4.78 is 27.5. The van der Waals surface area contributed by atoms with E-state index in [1.807, 2.05) is 38.1 Å². The quantitative estimate of drug-likeness (QED) is 0.519. The molecule has 188 valence electrons. The Labute approximate surface area is 208 Å². The summed E-state index contributed by atoms with van der Waals surface area (Å²) >= 11 is 0. The highest BCUT2D eigenvalue weighted by Crippen LogP contribution is 2.21. The lowest BCUT2D eigenvalue weighted by Crippen LogP contribution is -2.37. The Morgan fingerprint density at radius 3 is 2.29 bits per heavy atom. The molecular formula is C27H35N3O4S. The van der Waals surface area contributed by atoms with Crippen LogP contribution in [-0.2, 0) is 19.6 Å². The largest absolute Gasteiger partial charge is 0.330 e. The summed E-state index contributed by atoms with van der Waals surface area (Å²) in [5.74, 6) is -0.523. The smallest absolute Gasteiger partial charge is 0.247 e. The molecule has 0 aromatic heterocycles. The molecule has 2 amide bonds. The van der Waals surface area contributed by atoms with Gasteiger partial charge in [0.2, 0.25) is 21.8 Å². The molecule has 0 spiro atoms. The molecule has 3 rings (SSSR count). The van der Waals surface area contributed by atoms with Gasteiger partial charge in [-0.05, 0) is 61.6 Å². The number of benzene rings is 2. The first-order valence-electron chi connectivity index (χ1n) is 12.2. The molecule has 0 radical (unpaired) electrons. The Morgan fingerprint density at radius 1 is 1.00 bits per heavy atom. The fourth-order valence-corrected chi connectivity index (χ4v) is 5.59. The van der Waals surface area contributed by atoms with Crippen molar-refractivity contribution in [2.24, 2.45) is 0 Å². The highest BCUT2D eigenvalue weighted by molar-refractivity contribution is 7.89. The van der Waals surface area contributed by atoms with Crippen LogP contribution in [0.5, 0.6) is 0 Å². The molecule has 7 nitrogen and oxygen atoms in total. The van der Waals surface area contributed by atoms with E-state index in [0.717, 1.165) is 43.4 Å². The third-order valence-corrected chi connectivity index (χ3v) is 7.97. The van der Waals surface area contributed by atoms with Gasteiger partial charge in [0, 0.05) is 31.4 Å². The van der Waals surface area contributed by atoms with E-state index in [0.29, 0.717) is 25.2 Å². The lowest BCUT2D eigenvalue weighted by molar-refractivity contribution is -0.130. The minimum absolute atomic E-state index is 0.0433. The number of sulfonamides is 1. The van der Waals surface area contributed by atoms with E-state index in [9.17, 15) is 18.0 Å². The summed E-state index contributed by atoms with van der Waals surface area (Å²) in [5, 5.41) is 2.86. The Hall–Kier alpha value is -2.97. The van der Waals surface area contributed by atoms with E-state index < -0.39 is 10.0 Å². The molecule has 0 saturated carbocycles. The van der Waals surface area contributed by atoms with Gasteiger partial charge in [-0.25, -0.2) is 8.42 Å². The van der Waals surface area contributed by atoms with Crippen LogP contribution in [0.1, 0.15) is 50.2 Å². The first kappa shape index (κ1) is 26.6. The lowest BCUT2D eigenvalue weighted by atomic mass is 10.2. The number of nitrogens with one attached hydrogen (secondary N) is 1. The van der Waals surface area contributed by atoms with E-state index in [4.69, 9.17) is 0 Å². The number of para-hydroxylation sites is 1. The molecule has 1 aliphatic heterocycles. The second kappa shape index (κ2) is 12.7. The van der Waals surface area contributed by atoms with E-state index in [2.05, 4.69) is 5.32 Å². The lowest BCUT2D eigenvalue weighted by Gasteiger charge is -2.20. The van der Waals surface area contributed by atoms with Crippen molar-refractivity contribution < 1.29 is 18.0 Å². The summed E-state index contributed by atoms with van der Waals surface area (Å²) in [5.41, 5.74) is 2.40. The van der Waals surface area contributed by atoms with Gasteiger partial charge in [0.15, 0.2) is 0 Å². The molecular weight excluding hydrogens is 462 g/mol. The molecule has 2 aromatic carbocycles. The molecule has 2 aromatic rings. The van der Waals surface area contributed by atoms with Gasteiger partial charge in [0.1, 0.15) is 6.54 Å². The van der Waals surface area contributed by atoms with Crippen molar-refractivity contribution in [1.82, 2.24) is 9.21 Å². The van der Waals surface area contributed by atoms with Gasteiger partial charge >= 0.3 is 0 Å². The van der Waals surface area contributed by atoms with Crippen LogP contribution < -0.4 is 5.32 Å². The number of rotatable bonds is 9. The summed E-state index contributed by atoms with van der Waals surface area (Å²) in [6.45, 7) is 5.40. The normalized spacial score (nSPS) is 15.0. The molecule has 35 heavy (non-hydrogen) atoms. The Balaban J connectivity index is 1.63. The molecule has 1 heterocycles. The van der Waals surface area contributed by atoms with Crippen molar-refractivity contribution in [3.63, 3.8) is 0 Å². The number of aryl methyl sites for hydroxylation is 1. The monoisotopic (exact) mass is 497 g/mol. The van der Waals surface area contributed by atoms with E-state index >= 15 is 0 Å². The molecule has 8 heteroatoms. The zero-order valence-corrected chi connectivity index (χ0v) is 21.4. The van der Waals surface area contributed by atoms with Gasteiger partial charge in [-0.15, -0.1) is 0 Å². The second-order valence-corrected chi connectivity index (χ2v) is 10.8. The van der Waals surface area contributed by atoms with Crippen LogP contribution in [-0.4, -0.2) is 55.6 Å². The highest BCUT2D eigenvalue weighted by atomic mass is 32.2. The maximum atomic E-state index is 12.9. The fraction of sp³-hybridized carbons (Fsp3) is 0.407. The minimum Gasteiger partial charge on any atom is -0.330 e. The average Bonchev–Trinajstić information content (AvgIpc) is 3.14. The molecule has 0 atom stereocenters. The molecule has 1 aliphatic rings. The summed E-state index contributed by atoms with van der Waals surface area (Å²) in [4.78, 5) is 27.1. The fourth-order valence-electron chi connectivity index (χ4n) is 4.07. The first-order valence-corrected chi connectivity index (χ1v) is 13.7. The van der Waals surface area contributed by atoms with Crippen LogP contribution in [0.25, 0.3) is 6.08 Å². The van der Waals surface area contributed by atoms with Crippen LogP contribution in [0.2, 0.25) is 0 Å². The van der Waals surface area contributed by atoms with Crippen molar-refractivity contribution in [2.45, 2.75) is 50.8 Å². The van der Waals surface area contributed by atoms with Crippen molar-refractivity contribution >= 4 is 33.6 Å². The van der Waals surface area contributed by atoms with Crippen molar-refractivity contribution in [1.29, 1.82) is 0 Å². The van der Waals surface area contributed by atoms with Gasteiger partial charge in [-0.3, -0.25) is 9.59 Å². The Bertz CT molecular complexity index is 1140. The van der Waals surface area contributed by atoms with Crippen LogP contribution in [0.15, 0.2) is 59.5 Å². The topological polar surface area (TPSA) is 86.8 Å². The molecule has 0 unspecified atom stereocenters. The van der Waals surface area contributed by atoms with Gasteiger partial charge in [-0.1, -0.05) is 50.1 Å². The number of carbonyl (C=O) groups excluding carboxylic acids is 2. The average molecular weight is 498 g/mol.